The van der Waals surface area contributed by atoms with Crippen LogP contribution in [0.4, 0.5) is 8.78 Å². The second-order valence-electron chi connectivity index (χ2n) is 3.70. The van der Waals surface area contributed by atoms with E-state index in [2.05, 4.69) is 0 Å². The molecule has 0 atom stereocenters. The van der Waals surface area contributed by atoms with Gasteiger partial charge in [0, 0.05) is 0 Å². The molecule has 92 valence electrons. The van der Waals surface area contributed by atoms with Gasteiger partial charge in [-0.3, -0.25) is 4.79 Å². The summed E-state index contributed by atoms with van der Waals surface area (Å²) in [6.07, 6.45) is 0.169. The summed E-state index contributed by atoms with van der Waals surface area (Å²) in [6.45, 7) is 0. The van der Waals surface area contributed by atoms with Crippen molar-refractivity contribution < 1.29 is 18.3 Å². The highest BCUT2D eigenvalue weighted by Crippen LogP contribution is 2.25. The molecule has 2 nitrogen and oxygen atoms in total. The SMILES string of the molecule is COc1ccc(-c2cc(F)c(C=O)c(F)c2)cc1. The average molecular weight is 248 g/mol. The fourth-order valence-corrected chi connectivity index (χ4v) is 1.65. The lowest BCUT2D eigenvalue weighted by Crippen LogP contribution is -1.94. The van der Waals surface area contributed by atoms with Crippen LogP contribution in [0.25, 0.3) is 11.1 Å². The Morgan fingerprint density at radius 2 is 1.56 bits per heavy atom. The molecule has 0 aliphatic heterocycles. The number of methoxy groups -OCH3 is 1. The highest BCUT2D eigenvalue weighted by molar-refractivity contribution is 5.78. The average Bonchev–Trinajstić information content (AvgIpc) is 2.38. The molecule has 0 aromatic heterocycles. The van der Waals surface area contributed by atoms with Gasteiger partial charge in [0.05, 0.1) is 12.7 Å². The summed E-state index contributed by atoms with van der Waals surface area (Å²) in [7, 11) is 1.53. The Labute approximate surface area is 103 Å². The van der Waals surface area contributed by atoms with Crippen LogP contribution < -0.4 is 4.74 Å². The van der Waals surface area contributed by atoms with Gasteiger partial charge in [-0.15, -0.1) is 0 Å². The molecule has 2 aromatic rings. The van der Waals surface area contributed by atoms with Gasteiger partial charge in [-0.1, -0.05) is 12.1 Å². The molecule has 0 aliphatic carbocycles. The van der Waals surface area contributed by atoms with E-state index in [0.29, 0.717) is 16.9 Å². The van der Waals surface area contributed by atoms with Gasteiger partial charge < -0.3 is 4.74 Å². The summed E-state index contributed by atoms with van der Waals surface area (Å²) in [6, 6.07) is 9.03. The van der Waals surface area contributed by atoms with Gasteiger partial charge in [-0.05, 0) is 35.4 Å². The van der Waals surface area contributed by atoms with E-state index in [1.165, 1.54) is 7.11 Å². The molecule has 18 heavy (non-hydrogen) atoms. The standard InChI is InChI=1S/C14H10F2O2/c1-18-11-4-2-9(3-5-11)10-6-13(15)12(8-17)14(16)7-10/h2-8H,1H3. The fraction of sp³-hybridized carbons (Fsp3) is 0.0714. The van der Waals surface area contributed by atoms with Crippen LogP contribution in [0.1, 0.15) is 10.4 Å². The van der Waals surface area contributed by atoms with Crippen LogP contribution in [0.3, 0.4) is 0 Å². The van der Waals surface area contributed by atoms with Gasteiger partial charge in [0.15, 0.2) is 6.29 Å². The van der Waals surface area contributed by atoms with Crippen molar-refractivity contribution in [1.29, 1.82) is 0 Å². The van der Waals surface area contributed by atoms with Gasteiger partial charge in [0.25, 0.3) is 0 Å². The summed E-state index contributed by atoms with van der Waals surface area (Å²) in [5.41, 5.74) is 0.469. The first-order valence-electron chi connectivity index (χ1n) is 5.24. The number of aldehydes is 1. The predicted molar refractivity (Wildman–Crippen MR) is 63.7 cm³/mol. The summed E-state index contributed by atoms with van der Waals surface area (Å²) < 4.78 is 31.9. The fourth-order valence-electron chi connectivity index (χ4n) is 1.65. The van der Waals surface area contributed by atoms with Crippen LogP contribution in [0.5, 0.6) is 5.75 Å². The molecular formula is C14H10F2O2. The Morgan fingerprint density at radius 1 is 1.00 bits per heavy atom. The van der Waals surface area contributed by atoms with Gasteiger partial charge in [-0.2, -0.15) is 0 Å². The minimum absolute atomic E-state index is 0.169. The monoisotopic (exact) mass is 248 g/mol. The first kappa shape index (κ1) is 12.2. The highest BCUT2D eigenvalue weighted by Gasteiger charge is 2.11. The first-order chi connectivity index (χ1) is 8.65. The highest BCUT2D eigenvalue weighted by atomic mass is 19.1. The largest absolute Gasteiger partial charge is 0.497 e. The van der Waals surface area contributed by atoms with Crippen molar-refractivity contribution in [1.82, 2.24) is 0 Å². The van der Waals surface area contributed by atoms with E-state index >= 15 is 0 Å². The Kier molecular flexibility index (Phi) is 3.37. The second kappa shape index (κ2) is 4.96. The van der Waals surface area contributed by atoms with E-state index in [1.807, 2.05) is 0 Å². The Hall–Kier alpha value is -2.23. The van der Waals surface area contributed by atoms with Crippen molar-refractivity contribution in [2.24, 2.45) is 0 Å². The van der Waals surface area contributed by atoms with Crippen LogP contribution in [-0.4, -0.2) is 13.4 Å². The molecule has 0 N–H and O–H groups in total. The van der Waals surface area contributed by atoms with E-state index in [0.717, 1.165) is 12.1 Å². The lowest BCUT2D eigenvalue weighted by atomic mass is 10.0. The number of carbonyl (C=O) groups is 1. The van der Waals surface area contributed by atoms with Gasteiger partial charge in [0.1, 0.15) is 17.4 Å². The third-order valence-corrected chi connectivity index (χ3v) is 2.62. The summed E-state index contributed by atoms with van der Waals surface area (Å²) in [4.78, 5) is 10.5. The summed E-state index contributed by atoms with van der Waals surface area (Å²) in [5, 5.41) is 0. The van der Waals surface area contributed by atoms with Gasteiger partial charge in [0.2, 0.25) is 0 Å². The molecule has 0 bridgehead atoms. The van der Waals surface area contributed by atoms with E-state index in [4.69, 9.17) is 4.74 Å². The van der Waals surface area contributed by atoms with Crippen molar-refractivity contribution in [3.63, 3.8) is 0 Å². The topological polar surface area (TPSA) is 26.3 Å². The first-order valence-corrected chi connectivity index (χ1v) is 5.24. The maximum atomic E-state index is 13.4. The number of halogens is 2. The van der Waals surface area contributed by atoms with Crippen molar-refractivity contribution >= 4 is 6.29 Å². The minimum Gasteiger partial charge on any atom is -0.497 e. The molecule has 4 heteroatoms. The van der Waals surface area contributed by atoms with Crippen LogP contribution in [-0.2, 0) is 0 Å². The van der Waals surface area contributed by atoms with Crippen molar-refractivity contribution in [3.05, 3.63) is 53.6 Å². The molecule has 0 fully saturated rings. The summed E-state index contributed by atoms with van der Waals surface area (Å²) >= 11 is 0. The van der Waals surface area contributed by atoms with Gasteiger partial charge >= 0.3 is 0 Å². The Bertz CT molecular complexity index is 554. The van der Waals surface area contributed by atoms with Crippen LogP contribution in [0, 0.1) is 11.6 Å². The number of benzene rings is 2. The molecule has 0 radical (unpaired) electrons. The van der Waals surface area contributed by atoms with E-state index in [9.17, 15) is 13.6 Å². The molecule has 2 rings (SSSR count). The number of rotatable bonds is 3. The molecule has 2 aromatic carbocycles. The molecule has 0 spiro atoms. The van der Waals surface area contributed by atoms with Gasteiger partial charge in [-0.25, -0.2) is 8.78 Å². The number of hydrogen-bond donors (Lipinski definition) is 0. The maximum absolute atomic E-state index is 13.4. The van der Waals surface area contributed by atoms with Crippen LogP contribution in [0.15, 0.2) is 36.4 Å². The third kappa shape index (κ3) is 2.22. The smallest absolute Gasteiger partial charge is 0.155 e. The van der Waals surface area contributed by atoms with Crippen molar-refractivity contribution in [2.45, 2.75) is 0 Å². The zero-order valence-corrected chi connectivity index (χ0v) is 9.61. The third-order valence-electron chi connectivity index (χ3n) is 2.62. The number of ether oxygens (including phenoxy) is 1. The molecule has 0 saturated carbocycles. The molecular weight excluding hydrogens is 238 g/mol. The molecule has 0 aliphatic rings. The molecule has 0 amide bonds. The molecule has 0 saturated heterocycles. The van der Waals surface area contributed by atoms with Crippen molar-refractivity contribution in [2.75, 3.05) is 7.11 Å². The van der Waals surface area contributed by atoms with Crippen LogP contribution >= 0.6 is 0 Å². The van der Waals surface area contributed by atoms with Crippen LogP contribution in [0.2, 0.25) is 0 Å². The van der Waals surface area contributed by atoms with Crippen molar-refractivity contribution in [3.8, 4) is 16.9 Å². The maximum Gasteiger partial charge on any atom is 0.155 e. The molecule has 0 unspecified atom stereocenters. The lowest BCUT2D eigenvalue weighted by molar-refractivity contribution is 0.111. The van der Waals surface area contributed by atoms with E-state index in [-0.39, 0.29) is 6.29 Å². The van der Waals surface area contributed by atoms with E-state index in [1.54, 1.807) is 24.3 Å². The number of hydrogen-bond acceptors (Lipinski definition) is 2. The minimum atomic E-state index is -0.865. The van der Waals surface area contributed by atoms with E-state index < -0.39 is 17.2 Å². The normalized spacial score (nSPS) is 10.2. The zero-order valence-electron chi connectivity index (χ0n) is 9.61. The molecule has 0 heterocycles. The Balaban J connectivity index is 2.47. The number of carbonyl (C=O) groups excluding carboxylic acids is 1. The Morgan fingerprint density at radius 3 is 2.00 bits per heavy atom. The zero-order chi connectivity index (χ0) is 13.1. The summed E-state index contributed by atoms with van der Waals surface area (Å²) in [5.74, 6) is -1.07. The second-order valence-corrected chi connectivity index (χ2v) is 3.70. The predicted octanol–water partition coefficient (Wildman–Crippen LogP) is 3.45. The quantitative estimate of drug-likeness (QED) is 0.777. The lowest BCUT2D eigenvalue weighted by Gasteiger charge is -2.06.